The second kappa shape index (κ2) is 8.51. The van der Waals surface area contributed by atoms with Gasteiger partial charge in [-0.2, -0.15) is 0 Å². The lowest BCUT2D eigenvalue weighted by atomic mass is 9.88. The van der Waals surface area contributed by atoms with Crippen molar-refractivity contribution in [2.45, 2.75) is 39.0 Å². The molecular weight excluding hydrogens is 314 g/mol. The van der Waals surface area contributed by atoms with Crippen molar-refractivity contribution in [3.05, 3.63) is 42.6 Å². The van der Waals surface area contributed by atoms with Gasteiger partial charge in [-0.1, -0.05) is 31.4 Å². The number of hydrogen-bond donors (Lipinski definition) is 2. The predicted octanol–water partition coefficient (Wildman–Crippen LogP) is 4.74. The van der Waals surface area contributed by atoms with E-state index in [2.05, 4.69) is 15.6 Å². The van der Waals surface area contributed by atoms with Crippen LogP contribution in [0.5, 0.6) is 5.75 Å². The zero-order valence-corrected chi connectivity index (χ0v) is 14.6. The molecular formula is C20H25N3O2. The van der Waals surface area contributed by atoms with Crippen LogP contribution in [0.1, 0.15) is 39.0 Å². The third-order valence-corrected chi connectivity index (χ3v) is 4.46. The predicted molar refractivity (Wildman–Crippen MR) is 100 cm³/mol. The van der Waals surface area contributed by atoms with Crippen LogP contribution in [-0.4, -0.2) is 17.5 Å². The van der Waals surface area contributed by atoms with Crippen molar-refractivity contribution in [2.75, 3.05) is 17.2 Å². The molecule has 2 N–H and O–H groups in total. The summed E-state index contributed by atoms with van der Waals surface area (Å²) in [7, 11) is 0. The fourth-order valence-corrected chi connectivity index (χ4v) is 3.14. The van der Waals surface area contributed by atoms with Crippen LogP contribution < -0.4 is 15.4 Å². The van der Waals surface area contributed by atoms with E-state index < -0.39 is 0 Å². The molecule has 1 heterocycles. The van der Waals surface area contributed by atoms with Crippen molar-refractivity contribution in [3.8, 4) is 5.75 Å². The van der Waals surface area contributed by atoms with E-state index in [1.165, 1.54) is 6.42 Å². The molecule has 0 unspecified atom stereocenters. The van der Waals surface area contributed by atoms with E-state index >= 15 is 0 Å². The number of hydrogen-bond acceptors (Lipinski definition) is 4. The molecule has 1 aliphatic rings. The van der Waals surface area contributed by atoms with Gasteiger partial charge in [0.15, 0.2) is 0 Å². The molecule has 25 heavy (non-hydrogen) atoms. The molecule has 1 amide bonds. The molecule has 0 aliphatic heterocycles. The highest BCUT2D eigenvalue weighted by molar-refractivity contribution is 5.92. The largest absolute Gasteiger partial charge is 0.492 e. The molecule has 1 saturated carbocycles. The number of benzene rings is 1. The van der Waals surface area contributed by atoms with Crippen molar-refractivity contribution < 1.29 is 9.53 Å². The molecule has 0 saturated heterocycles. The number of rotatable bonds is 6. The SMILES string of the molecule is CCOc1ccccc1Nc1ccc(NC(=O)C2CCCCC2)cn1. The first kappa shape index (κ1) is 17.3. The molecule has 0 radical (unpaired) electrons. The van der Waals surface area contributed by atoms with E-state index in [0.29, 0.717) is 12.4 Å². The van der Waals surface area contributed by atoms with Crippen molar-refractivity contribution in [2.24, 2.45) is 5.92 Å². The minimum atomic E-state index is 0.115. The number of carbonyl (C=O) groups is 1. The third-order valence-electron chi connectivity index (χ3n) is 4.46. The van der Waals surface area contributed by atoms with E-state index in [1.54, 1.807) is 6.20 Å². The van der Waals surface area contributed by atoms with E-state index in [9.17, 15) is 4.79 Å². The van der Waals surface area contributed by atoms with Gasteiger partial charge in [-0.3, -0.25) is 4.79 Å². The average molecular weight is 339 g/mol. The minimum absolute atomic E-state index is 0.115. The number of nitrogens with zero attached hydrogens (tertiary/aromatic N) is 1. The van der Waals surface area contributed by atoms with Gasteiger partial charge in [0.25, 0.3) is 0 Å². The van der Waals surface area contributed by atoms with E-state index in [0.717, 1.165) is 42.8 Å². The molecule has 1 aromatic heterocycles. The van der Waals surface area contributed by atoms with Crippen LogP contribution in [0.4, 0.5) is 17.2 Å². The van der Waals surface area contributed by atoms with Crippen LogP contribution in [-0.2, 0) is 4.79 Å². The first-order valence-electron chi connectivity index (χ1n) is 9.02. The lowest BCUT2D eigenvalue weighted by molar-refractivity contribution is -0.120. The van der Waals surface area contributed by atoms with Crippen LogP contribution in [0.25, 0.3) is 0 Å². The minimum Gasteiger partial charge on any atom is -0.492 e. The Morgan fingerprint density at radius 3 is 2.68 bits per heavy atom. The monoisotopic (exact) mass is 339 g/mol. The zero-order chi connectivity index (χ0) is 17.5. The number of pyridine rings is 1. The lowest BCUT2D eigenvalue weighted by Gasteiger charge is -2.20. The molecule has 132 valence electrons. The summed E-state index contributed by atoms with van der Waals surface area (Å²) in [5, 5.41) is 6.23. The highest BCUT2D eigenvalue weighted by atomic mass is 16.5. The van der Waals surface area contributed by atoms with Gasteiger partial charge in [-0.15, -0.1) is 0 Å². The Morgan fingerprint density at radius 2 is 1.96 bits per heavy atom. The quantitative estimate of drug-likeness (QED) is 0.798. The van der Waals surface area contributed by atoms with Crippen molar-refractivity contribution in [3.63, 3.8) is 0 Å². The number of para-hydroxylation sites is 2. The first-order valence-corrected chi connectivity index (χ1v) is 9.02. The number of nitrogens with one attached hydrogen (secondary N) is 2. The molecule has 0 spiro atoms. The number of anilines is 3. The van der Waals surface area contributed by atoms with Crippen LogP contribution in [0, 0.1) is 5.92 Å². The van der Waals surface area contributed by atoms with E-state index in [1.807, 2.05) is 43.3 Å². The number of aromatic nitrogens is 1. The molecule has 0 bridgehead atoms. The Balaban J connectivity index is 1.61. The zero-order valence-electron chi connectivity index (χ0n) is 14.6. The summed E-state index contributed by atoms with van der Waals surface area (Å²) in [6.07, 6.45) is 7.22. The summed E-state index contributed by atoms with van der Waals surface area (Å²) >= 11 is 0. The Hall–Kier alpha value is -2.56. The summed E-state index contributed by atoms with van der Waals surface area (Å²) in [4.78, 5) is 16.7. The van der Waals surface area contributed by atoms with Crippen molar-refractivity contribution in [1.82, 2.24) is 4.98 Å². The van der Waals surface area contributed by atoms with Gasteiger partial charge < -0.3 is 15.4 Å². The third kappa shape index (κ3) is 4.72. The first-order chi connectivity index (χ1) is 12.3. The smallest absolute Gasteiger partial charge is 0.227 e. The van der Waals surface area contributed by atoms with Gasteiger partial charge in [0.1, 0.15) is 11.6 Å². The van der Waals surface area contributed by atoms with Crippen LogP contribution in [0.3, 0.4) is 0 Å². The summed E-state index contributed by atoms with van der Waals surface area (Å²) < 4.78 is 5.61. The maximum Gasteiger partial charge on any atom is 0.227 e. The number of carbonyl (C=O) groups excluding carboxylic acids is 1. The van der Waals surface area contributed by atoms with Crippen LogP contribution >= 0.6 is 0 Å². The standard InChI is InChI=1S/C20H25N3O2/c1-2-25-18-11-7-6-10-17(18)23-19-13-12-16(14-21-19)22-20(24)15-8-4-3-5-9-15/h6-7,10-15H,2-5,8-9H2,1H3,(H,21,23)(H,22,24). The van der Waals surface area contributed by atoms with E-state index in [-0.39, 0.29) is 11.8 Å². The average Bonchev–Trinajstić information content (AvgIpc) is 2.66. The highest BCUT2D eigenvalue weighted by Gasteiger charge is 2.21. The summed E-state index contributed by atoms with van der Waals surface area (Å²) in [6.45, 7) is 2.57. The van der Waals surface area contributed by atoms with Crippen LogP contribution in [0.2, 0.25) is 0 Å². The summed E-state index contributed by atoms with van der Waals surface area (Å²) in [5.41, 5.74) is 1.61. The van der Waals surface area contributed by atoms with Crippen molar-refractivity contribution >= 4 is 23.1 Å². The fourth-order valence-electron chi connectivity index (χ4n) is 3.14. The highest BCUT2D eigenvalue weighted by Crippen LogP contribution is 2.27. The van der Waals surface area contributed by atoms with Gasteiger partial charge in [0, 0.05) is 5.92 Å². The topological polar surface area (TPSA) is 63.2 Å². The molecule has 0 atom stereocenters. The second-order valence-corrected chi connectivity index (χ2v) is 6.31. The van der Waals surface area contributed by atoms with Gasteiger partial charge in [-0.25, -0.2) is 4.98 Å². The van der Waals surface area contributed by atoms with Gasteiger partial charge in [0.2, 0.25) is 5.91 Å². The fraction of sp³-hybridized carbons (Fsp3) is 0.400. The van der Waals surface area contributed by atoms with E-state index in [4.69, 9.17) is 4.74 Å². The summed E-state index contributed by atoms with van der Waals surface area (Å²) in [6, 6.07) is 11.5. The molecule has 1 aromatic carbocycles. The maximum absolute atomic E-state index is 12.3. The number of amides is 1. The Morgan fingerprint density at radius 1 is 1.16 bits per heavy atom. The molecule has 1 aliphatic carbocycles. The van der Waals surface area contributed by atoms with Gasteiger partial charge in [0.05, 0.1) is 24.2 Å². The maximum atomic E-state index is 12.3. The Labute approximate surface area is 148 Å². The van der Waals surface area contributed by atoms with Gasteiger partial charge in [-0.05, 0) is 44.0 Å². The second-order valence-electron chi connectivity index (χ2n) is 6.31. The number of ether oxygens (including phenoxy) is 1. The van der Waals surface area contributed by atoms with Crippen molar-refractivity contribution in [1.29, 1.82) is 0 Å². The lowest BCUT2D eigenvalue weighted by Crippen LogP contribution is -2.24. The molecule has 2 aromatic rings. The van der Waals surface area contributed by atoms with Crippen LogP contribution in [0.15, 0.2) is 42.6 Å². The Kier molecular flexibility index (Phi) is 5.88. The molecule has 5 nitrogen and oxygen atoms in total. The molecule has 1 fully saturated rings. The Bertz CT molecular complexity index is 694. The van der Waals surface area contributed by atoms with Gasteiger partial charge >= 0.3 is 0 Å². The molecule has 5 heteroatoms. The molecule has 3 rings (SSSR count). The summed E-state index contributed by atoms with van der Waals surface area (Å²) in [5.74, 6) is 1.76. The normalized spacial score (nSPS) is 14.8.